The first-order chi connectivity index (χ1) is 16.2. The van der Waals surface area contributed by atoms with Gasteiger partial charge in [0, 0.05) is 44.2 Å². The quantitative estimate of drug-likeness (QED) is 0.711. The van der Waals surface area contributed by atoms with Gasteiger partial charge in [0.25, 0.3) is 5.91 Å². The van der Waals surface area contributed by atoms with Gasteiger partial charge in [-0.25, -0.2) is 4.68 Å². The second kappa shape index (κ2) is 8.88. The predicted molar refractivity (Wildman–Crippen MR) is 118 cm³/mol. The van der Waals surface area contributed by atoms with Gasteiger partial charge in [-0.2, -0.15) is 5.10 Å². The Hall–Kier alpha value is -2.59. The Labute approximate surface area is 196 Å². The summed E-state index contributed by atoms with van der Waals surface area (Å²) in [6.45, 7) is 4.66. The first-order valence-electron chi connectivity index (χ1n) is 11.9. The number of carbonyl (C=O) groups excluding carboxylic acids is 1. The van der Waals surface area contributed by atoms with Crippen LogP contribution in [-0.2, 0) is 0 Å². The molecule has 3 fully saturated rings. The highest BCUT2D eigenvalue weighted by molar-refractivity contribution is 5.97. The molecule has 2 aliphatic heterocycles. The fourth-order valence-electron chi connectivity index (χ4n) is 5.24. The molecule has 1 aliphatic carbocycles. The van der Waals surface area contributed by atoms with Crippen LogP contribution in [0.15, 0.2) is 24.3 Å². The van der Waals surface area contributed by atoms with Crippen LogP contribution in [0.4, 0.5) is 13.2 Å². The number of aromatic nitrogens is 2. The van der Waals surface area contributed by atoms with Gasteiger partial charge in [0.1, 0.15) is 5.75 Å². The number of amides is 1. The number of alkyl halides is 3. The minimum atomic E-state index is -4.78. The second-order valence-electron chi connectivity index (χ2n) is 9.54. The molecule has 1 amide bonds. The number of likely N-dealkylation sites (tertiary alicyclic amines) is 2. The van der Waals surface area contributed by atoms with E-state index in [1.165, 1.54) is 18.2 Å². The Balaban J connectivity index is 1.37. The molecule has 34 heavy (non-hydrogen) atoms. The molecule has 0 spiro atoms. The van der Waals surface area contributed by atoms with E-state index in [1.807, 2.05) is 4.90 Å². The molecule has 1 aromatic heterocycles. The van der Waals surface area contributed by atoms with Gasteiger partial charge in [0.05, 0.1) is 28.7 Å². The van der Waals surface area contributed by atoms with Crippen molar-refractivity contribution in [2.24, 2.45) is 0 Å². The number of ether oxygens (including phenoxy) is 1. The summed E-state index contributed by atoms with van der Waals surface area (Å²) in [4.78, 5) is 17.8. The molecule has 0 bridgehead atoms. The molecule has 2 saturated heterocycles. The number of hydrogen-bond donors (Lipinski definition) is 1. The molecular formula is C24H29F3N4O3. The highest BCUT2D eigenvalue weighted by Crippen LogP contribution is 2.44. The van der Waals surface area contributed by atoms with E-state index < -0.39 is 6.36 Å². The van der Waals surface area contributed by atoms with Gasteiger partial charge >= 0.3 is 6.36 Å². The highest BCUT2D eigenvalue weighted by Gasteiger charge is 2.38. The first kappa shape index (κ1) is 23.2. The predicted octanol–water partition coefficient (Wildman–Crippen LogP) is 3.63. The van der Waals surface area contributed by atoms with E-state index >= 15 is 0 Å². The van der Waals surface area contributed by atoms with Crippen molar-refractivity contribution in [3.05, 3.63) is 41.2 Å². The summed E-state index contributed by atoms with van der Waals surface area (Å²) in [7, 11) is 0. The lowest BCUT2D eigenvalue weighted by atomic mass is 10.0. The van der Waals surface area contributed by atoms with E-state index in [-0.39, 0.29) is 23.7 Å². The Kier molecular flexibility index (Phi) is 6.05. The minimum Gasteiger partial charge on any atom is -0.406 e. The fraction of sp³-hybridized carbons (Fsp3) is 0.583. The van der Waals surface area contributed by atoms with Crippen LogP contribution in [-0.4, -0.2) is 75.3 Å². The lowest BCUT2D eigenvalue weighted by Crippen LogP contribution is -2.46. The van der Waals surface area contributed by atoms with Crippen molar-refractivity contribution in [2.75, 3.05) is 26.2 Å². The van der Waals surface area contributed by atoms with Gasteiger partial charge in [-0.15, -0.1) is 13.2 Å². The van der Waals surface area contributed by atoms with Crippen molar-refractivity contribution in [3.8, 4) is 11.4 Å². The largest absolute Gasteiger partial charge is 0.573 e. The second-order valence-corrected chi connectivity index (χ2v) is 9.54. The average Bonchev–Trinajstić information content (AvgIpc) is 3.44. The normalized spacial score (nSPS) is 22.4. The van der Waals surface area contributed by atoms with Gasteiger partial charge in [0.2, 0.25) is 0 Å². The monoisotopic (exact) mass is 478 g/mol. The standard InChI is InChI=1S/C24H29F3N4O3/c1-15-21(23(33)29-10-7-17(8-11-29)30-12-9-19(32)14-30)22(16-5-6-16)31(28-15)18-3-2-4-20(13-18)34-24(25,26)27/h2-4,13,16-17,19,32H,5-12,14H2,1H3/t19-/m0/s1. The molecule has 3 aliphatic rings. The van der Waals surface area contributed by atoms with E-state index in [4.69, 9.17) is 0 Å². The molecule has 1 N–H and O–H groups in total. The first-order valence-corrected chi connectivity index (χ1v) is 11.9. The van der Waals surface area contributed by atoms with Crippen molar-refractivity contribution in [3.63, 3.8) is 0 Å². The number of rotatable bonds is 5. The molecule has 3 heterocycles. The molecule has 184 valence electrons. The number of β-amino-alcohol motifs (C(OH)–C–C–N with tert-alkyl or cyclic N) is 1. The van der Waals surface area contributed by atoms with Gasteiger partial charge in [0.15, 0.2) is 0 Å². The van der Waals surface area contributed by atoms with Crippen molar-refractivity contribution >= 4 is 5.91 Å². The summed E-state index contributed by atoms with van der Waals surface area (Å²) in [6.07, 6.45) is -0.667. The third-order valence-corrected chi connectivity index (χ3v) is 7.03. The molecule has 5 rings (SSSR count). The molecule has 1 aromatic carbocycles. The SMILES string of the molecule is Cc1nn(-c2cccc(OC(F)(F)F)c2)c(C2CC2)c1C(=O)N1CCC(N2CC[C@H](O)C2)CC1. The van der Waals surface area contributed by atoms with Gasteiger partial charge < -0.3 is 14.7 Å². The van der Waals surface area contributed by atoms with Gasteiger partial charge in [-0.1, -0.05) is 6.07 Å². The number of aliphatic hydroxyl groups excluding tert-OH is 1. The number of carbonyl (C=O) groups is 1. The lowest BCUT2D eigenvalue weighted by molar-refractivity contribution is -0.274. The van der Waals surface area contributed by atoms with Crippen LogP contribution in [0.25, 0.3) is 5.69 Å². The van der Waals surface area contributed by atoms with E-state index in [9.17, 15) is 23.1 Å². The van der Waals surface area contributed by atoms with Gasteiger partial charge in [-0.05, 0) is 51.2 Å². The minimum absolute atomic E-state index is 0.0618. The van der Waals surface area contributed by atoms with Crippen LogP contribution in [0.2, 0.25) is 0 Å². The zero-order chi connectivity index (χ0) is 24.0. The number of aliphatic hydroxyl groups is 1. The fourth-order valence-corrected chi connectivity index (χ4v) is 5.24. The number of nitrogens with zero attached hydrogens (tertiary/aromatic N) is 4. The maximum Gasteiger partial charge on any atom is 0.573 e. The third-order valence-electron chi connectivity index (χ3n) is 7.03. The van der Waals surface area contributed by atoms with E-state index in [0.29, 0.717) is 42.6 Å². The summed E-state index contributed by atoms with van der Waals surface area (Å²) < 4.78 is 43.8. The number of aryl methyl sites for hydroxylation is 1. The smallest absolute Gasteiger partial charge is 0.406 e. The van der Waals surface area contributed by atoms with Crippen LogP contribution in [0, 0.1) is 6.92 Å². The zero-order valence-corrected chi connectivity index (χ0v) is 19.1. The summed E-state index contributed by atoms with van der Waals surface area (Å²) in [5.74, 6) is -0.217. The van der Waals surface area contributed by atoms with E-state index in [1.54, 1.807) is 17.7 Å². The molecule has 1 atom stereocenters. The van der Waals surface area contributed by atoms with Crippen molar-refractivity contribution in [1.82, 2.24) is 19.6 Å². The summed E-state index contributed by atoms with van der Waals surface area (Å²) >= 11 is 0. The molecule has 0 unspecified atom stereocenters. The average molecular weight is 479 g/mol. The Morgan fingerprint density at radius 2 is 1.85 bits per heavy atom. The molecule has 1 saturated carbocycles. The molecule has 7 nitrogen and oxygen atoms in total. The summed E-state index contributed by atoms with van der Waals surface area (Å²) in [5, 5.41) is 14.4. The van der Waals surface area contributed by atoms with Crippen LogP contribution in [0.1, 0.15) is 59.8 Å². The molecule has 10 heteroatoms. The topological polar surface area (TPSA) is 70.8 Å². The number of benzene rings is 1. The van der Waals surface area contributed by atoms with E-state index in [2.05, 4.69) is 14.7 Å². The summed E-state index contributed by atoms with van der Waals surface area (Å²) in [6, 6.07) is 6.09. The maximum atomic E-state index is 13.6. The Morgan fingerprint density at radius 3 is 2.47 bits per heavy atom. The van der Waals surface area contributed by atoms with E-state index in [0.717, 1.165) is 44.3 Å². The molecule has 2 aromatic rings. The van der Waals surface area contributed by atoms with Crippen molar-refractivity contribution < 1.29 is 27.8 Å². The Bertz CT molecular complexity index is 1060. The van der Waals surface area contributed by atoms with Crippen LogP contribution >= 0.6 is 0 Å². The number of halogens is 3. The lowest BCUT2D eigenvalue weighted by Gasteiger charge is -2.36. The molecule has 0 radical (unpaired) electrons. The zero-order valence-electron chi connectivity index (χ0n) is 19.1. The maximum absolute atomic E-state index is 13.6. The van der Waals surface area contributed by atoms with Crippen LogP contribution in [0.3, 0.4) is 0 Å². The molecular weight excluding hydrogens is 449 g/mol. The summed E-state index contributed by atoms with van der Waals surface area (Å²) in [5.41, 5.74) is 2.37. The Morgan fingerprint density at radius 1 is 1.12 bits per heavy atom. The number of piperidine rings is 1. The third kappa shape index (κ3) is 4.79. The highest BCUT2D eigenvalue weighted by atomic mass is 19.4. The van der Waals surface area contributed by atoms with Crippen molar-refractivity contribution in [2.45, 2.75) is 63.5 Å². The number of hydrogen-bond acceptors (Lipinski definition) is 5. The van der Waals surface area contributed by atoms with Crippen molar-refractivity contribution in [1.29, 1.82) is 0 Å². The van der Waals surface area contributed by atoms with Crippen LogP contribution in [0.5, 0.6) is 5.75 Å². The van der Waals surface area contributed by atoms with Crippen LogP contribution < -0.4 is 4.74 Å². The van der Waals surface area contributed by atoms with Gasteiger partial charge in [-0.3, -0.25) is 9.69 Å².